The summed E-state index contributed by atoms with van der Waals surface area (Å²) in [5.41, 5.74) is 9.68. The summed E-state index contributed by atoms with van der Waals surface area (Å²) in [7, 11) is 1.57. The number of carbonyl (C=O) groups excluding carboxylic acids is 1. The number of carbonyl (C=O) groups is 1. The summed E-state index contributed by atoms with van der Waals surface area (Å²) in [6, 6.07) is 10.7. The molecule has 0 aliphatic carbocycles. The maximum absolute atomic E-state index is 12.3. The van der Waals surface area contributed by atoms with Gasteiger partial charge in [-0.25, -0.2) is 0 Å². The van der Waals surface area contributed by atoms with Gasteiger partial charge in [0.2, 0.25) is 0 Å². The second-order valence-corrected chi connectivity index (χ2v) is 4.88. The van der Waals surface area contributed by atoms with E-state index >= 15 is 0 Å². The van der Waals surface area contributed by atoms with E-state index in [1.807, 2.05) is 12.1 Å². The smallest absolute Gasteiger partial charge is 0.255 e. The van der Waals surface area contributed by atoms with E-state index in [1.54, 1.807) is 31.4 Å². The standard InChI is InChI=1S/C16H16N2O3/c1-20-13-4-5-14(17)15(7-13)18-16(19)10-2-3-11-8-21-9-12(11)6-10/h2-7H,8-9,17H2,1H3,(H,18,19). The van der Waals surface area contributed by atoms with Gasteiger partial charge in [0.05, 0.1) is 31.7 Å². The van der Waals surface area contributed by atoms with E-state index in [0.717, 1.165) is 11.1 Å². The Kier molecular flexibility index (Phi) is 3.50. The van der Waals surface area contributed by atoms with Crippen LogP contribution in [0.2, 0.25) is 0 Å². The molecule has 0 spiro atoms. The lowest BCUT2D eigenvalue weighted by atomic mass is 10.1. The van der Waals surface area contributed by atoms with Gasteiger partial charge in [0, 0.05) is 11.6 Å². The number of anilines is 2. The Bertz CT molecular complexity index is 698. The number of methoxy groups -OCH3 is 1. The van der Waals surface area contributed by atoms with Crippen LogP contribution in [-0.4, -0.2) is 13.0 Å². The summed E-state index contributed by atoms with van der Waals surface area (Å²) in [6.45, 7) is 1.16. The number of rotatable bonds is 3. The van der Waals surface area contributed by atoms with Crippen LogP contribution in [0.5, 0.6) is 5.75 Å². The van der Waals surface area contributed by atoms with E-state index in [-0.39, 0.29) is 5.91 Å². The summed E-state index contributed by atoms with van der Waals surface area (Å²) < 4.78 is 10.5. The van der Waals surface area contributed by atoms with Gasteiger partial charge >= 0.3 is 0 Å². The molecule has 1 aliphatic heterocycles. The number of hydrogen-bond donors (Lipinski definition) is 2. The molecule has 2 aromatic carbocycles. The van der Waals surface area contributed by atoms with Gasteiger partial charge in [-0.3, -0.25) is 4.79 Å². The second kappa shape index (κ2) is 5.46. The zero-order chi connectivity index (χ0) is 14.8. The summed E-state index contributed by atoms with van der Waals surface area (Å²) in [5.74, 6) is 0.437. The van der Waals surface area contributed by atoms with Crippen molar-refractivity contribution in [3.05, 3.63) is 53.1 Å². The molecule has 5 heteroatoms. The molecule has 3 N–H and O–H groups in total. The third-order valence-corrected chi connectivity index (χ3v) is 3.49. The molecule has 0 bridgehead atoms. The van der Waals surface area contributed by atoms with Crippen LogP contribution in [-0.2, 0) is 18.0 Å². The zero-order valence-electron chi connectivity index (χ0n) is 11.7. The van der Waals surface area contributed by atoms with Crippen LogP contribution in [0.4, 0.5) is 11.4 Å². The van der Waals surface area contributed by atoms with E-state index in [1.165, 1.54) is 0 Å². The summed E-state index contributed by atoms with van der Waals surface area (Å²) in [6.07, 6.45) is 0. The number of ether oxygens (including phenoxy) is 2. The molecule has 0 aromatic heterocycles. The van der Waals surface area contributed by atoms with Crippen molar-refractivity contribution in [3.8, 4) is 5.75 Å². The van der Waals surface area contributed by atoms with Crippen LogP contribution in [0.3, 0.4) is 0 Å². The van der Waals surface area contributed by atoms with E-state index < -0.39 is 0 Å². The fourth-order valence-electron chi connectivity index (χ4n) is 2.28. The Morgan fingerprint density at radius 1 is 1.19 bits per heavy atom. The molecule has 21 heavy (non-hydrogen) atoms. The predicted octanol–water partition coefficient (Wildman–Crippen LogP) is 2.56. The molecule has 1 aliphatic rings. The lowest BCUT2D eigenvalue weighted by Gasteiger charge is -2.10. The van der Waals surface area contributed by atoms with Crippen LogP contribution in [0.1, 0.15) is 21.5 Å². The van der Waals surface area contributed by atoms with Crippen LogP contribution < -0.4 is 15.8 Å². The van der Waals surface area contributed by atoms with Crippen molar-refractivity contribution in [2.24, 2.45) is 0 Å². The van der Waals surface area contributed by atoms with Crippen LogP contribution >= 0.6 is 0 Å². The highest BCUT2D eigenvalue weighted by Gasteiger charge is 2.15. The van der Waals surface area contributed by atoms with Crippen molar-refractivity contribution < 1.29 is 14.3 Å². The van der Waals surface area contributed by atoms with Gasteiger partial charge in [-0.05, 0) is 35.4 Å². The fourth-order valence-corrected chi connectivity index (χ4v) is 2.28. The minimum atomic E-state index is -0.204. The molecule has 0 saturated carbocycles. The van der Waals surface area contributed by atoms with Crippen molar-refractivity contribution >= 4 is 17.3 Å². The van der Waals surface area contributed by atoms with Gasteiger partial charge in [0.25, 0.3) is 5.91 Å². The Labute approximate surface area is 122 Å². The number of nitrogens with one attached hydrogen (secondary N) is 1. The molecule has 0 fully saturated rings. The quantitative estimate of drug-likeness (QED) is 0.850. The highest BCUT2D eigenvalue weighted by atomic mass is 16.5. The minimum absolute atomic E-state index is 0.204. The molecule has 108 valence electrons. The van der Waals surface area contributed by atoms with Gasteiger partial charge in [0.1, 0.15) is 5.75 Å². The molecular formula is C16H16N2O3. The molecule has 5 nitrogen and oxygen atoms in total. The molecule has 3 rings (SSSR count). The number of benzene rings is 2. The Hall–Kier alpha value is -2.53. The van der Waals surface area contributed by atoms with Gasteiger partial charge in [-0.2, -0.15) is 0 Å². The first kappa shape index (κ1) is 13.5. The van der Waals surface area contributed by atoms with Gasteiger partial charge in [0.15, 0.2) is 0 Å². The van der Waals surface area contributed by atoms with E-state index in [4.69, 9.17) is 15.2 Å². The first-order valence-corrected chi connectivity index (χ1v) is 6.62. The van der Waals surface area contributed by atoms with Crippen molar-refractivity contribution in [2.75, 3.05) is 18.2 Å². The number of fused-ring (bicyclic) bond motifs is 1. The van der Waals surface area contributed by atoms with Crippen molar-refractivity contribution in [2.45, 2.75) is 13.2 Å². The highest BCUT2D eigenvalue weighted by molar-refractivity contribution is 6.06. The fraction of sp³-hybridized carbons (Fsp3) is 0.188. The molecular weight excluding hydrogens is 268 g/mol. The second-order valence-electron chi connectivity index (χ2n) is 4.88. The Morgan fingerprint density at radius 3 is 2.81 bits per heavy atom. The van der Waals surface area contributed by atoms with Crippen LogP contribution in [0.25, 0.3) is 0 Å². The van der Waals surface area contributed by atoms with E-state index in [2.05, 4.69) is 5.32 Å². The number of nitrogens with two attached hydrogens (primary N) is 1. The molecule has 0 atom stereocenters. The molecule has 2 aromatic rings. The van der Waals surface area contributed by atoms with Crippen molar-refractivity contribution in [3.63, 3.8) is 0 Å². The minimum Gasteiger partial charge on any atom is -0.497 e. The molecule has 0 unspecified atom stereocenters. The predicted molar refractivity (Wildman–Crippen MR) is 80.3 cm³/mol. The van der Waals surface area contributed by atoms with E-state index in [9.17, 15) is 4.79 Å². The highest BCUT2D eigenvalue weighted by Crippen LogP contribution is 2.26. The Balaban J connectivity index is 1.83. The lowest BCUT2D eigenvalue weighted by molar-refractivity contribution is 0.102. The molecule has 1 heterocycles. The summed E-state index contributed by atoms with van der Waals surface area (Å²) in [4.78, 5) is 12.3. The van der Waals surface area contributed by atoms with Gasteiger partial charge in [-0.15, -0.1) is 0 Å². The van der Waals surface area contributed by atoms with Crippen molar-refractivity contribution in [1.29, 1.82) is 0 Å². The average Bonchev–Trinajstić information content (AvgIpc) is 2.96. The third-order valence-electron chi connectivity index (χ3n) is 3.49. The summed E-state index contributed by atoms with van der Waals surface area (Å²) >= 11 is 0. The first-order valence-electron chi connectivity index (χ1n) is 6.62. The number of amides is 1. The van der Waals surface area contributed by atoms with Crippen molar-refractivity contribution in [1.82, 2.24) is 0 Å². The lowest BCUT2D eigenvalue weighted by Crippen LogP contribution is -2.13. The van der Waals surface area contributed by atoms with Crippen LogP contribution in [0.15, 0.2) is 36.4 Å². The molecule has 0 saturated heterocycles. The Morgan fingerprint density at radius 2 is 2.00 bits per heavy atom. The first-order chi connectivity index (χ1) is 10.2. The molecule has 1 amide bonds. The van der Waals surface area contributed by atoms with E-state index in [0.29, 0.717) is 35.9 Å². The van der Waals surface area contributed by atoms with Crippen LogP contribution in [0, 0.1) is 0 Å². The normalized spacial score (nSPS) is 12.8. The number of hydrogen-bond acceptors (Lipinski definition) is 4. The SMILES string of the molecule is COc1ccc(N)c(NC(=O)c2ccc3c(c2)COC3)c1. The third kappa shape index (κ3) is 2.68. The maximum atomic E-state index is 12.3. The van der Waals surface area contributed by atoms with Gasteiger partial charge in [-0.1, -0.05) is 6.07 Å². The monoisotopic (exact) mass is 284 g/mol. The largest absolute Gasteiger partial charge is 0.497 e. The average molecular weight is 284 g/mol. The van der Waals surface area contributed by atoms with Gasteiger partial charge < -0.3 is 20.5 Å². The summed E-state index contributed by atoms with van der Waals surface area (Å²) in [5, 5.41) is 2.81. The zero-order valence-corrected chi connectivity index (χ0v) is 11.7. The topological polar surface area (TPSA) is 73.6 Å². The maximum Gasteiger partial charge on any atom is 0.255 e. The molecule has 0 radical (unpaired) electrons. The number of nitrogen functional groups attached to an aromatic ring is 1.